The molecule has 1 atom stereocenters. The van der Waals surface area contributed by atoms with Gasteiger partial charge in [-0.3, -0.25) is 5.10 Å². The van der Waals surface area contributed by atoms with E-state index in [0.717, 1.165) is 17.3 Å². The van der Waals surface area contributed by atoms with E-state index in [0.29, 0.717) is 5.56 Å². The van der Waals surface area contributed by atoms with Crippen molar-refractivity contribution in [1.29, 1.82) is 0 Å². The second-order valence-corrected chi connectivity index (χ2v) is 2.76. The van der Waals surface area contributed by atoms with Crippen LogP contribution in [-0.2, 0) is 0 Å². The highest BCUT2D eigenvalue weighted by Crippen LogP contribution is 2.15. The molecule has 0 saturated carbocycles. The highest BCUT2D eigenvalue weighted by molar-refractivity contribution is 5.78. The summed E-state index contributed by atoms with van der Waals surface area (Å²) in [6, 6.07) is 5.26. The van der Waals surface area contributed by atoms with Gasteiger partial charge in [-0.2, -0.15) is 5.10 Å². The molecule has 1 heterocycles. The molecule has 2 rings (SSSR count). The number of benzene rings is 1. The third-order valence-corrected chi connectivity index (χ3v) is 1.80. The minimum atomic E-state index is -1.92. The van der Waals surface area contributed by atoms with Gasteiger partial charge in [-0.05, 0) is 11.6 Å². The van der Waals surface area contributed by atoms with E-state index >= 15 is 0 Å². The number of aliphatic hydroxyl groups is 1. The van der Waals surface area contributed by atoms with Crippen LogP contribution in [0.15, 0.2) is 24.4 Å². The first-order valence-electron chi connectivity index (χ1n) is 3.86. The summed E-state index contributed by atoms with van der Waals surface area (Å²) in [7, 11) is 0. The molecule has 0 aliphatic rings. The van der Waals surface area contributed by atoms with Gasteiger partial charge in [0.2, 0.25) is 6.36 Å². The zero-order valence-electron chi connectivity index (χ0n) is 6.74. The maximum absolute atomic E-state index is 12.2. The molecule has 1 aromatic carbocycles. The second kappa shape index (κ2) is 3.14. The summed E-state index contributed by atoms with van der Waals surface area (Å²) in [6.45, 7) is 0. The van der Waals surface area contributed by atoms with Gasteiger partial charge in [-0.15, -0.1) is 0 Å². The van der Waals surface area contributed by atoms with E-state index in [2.05, 4.69) is 10.2 Å². The van der Waals surface area contributed by atoms with Crippen LogP contribution in [0.2, 0.25) is 0 Å². The normalized spacial score (nSPS) is 13.4. The summed E-state index contributed by atoms with van der Waals surface area (Å²) < 4.78 is 12.2. The molecule has 1 aromatic heterocycles. The number of fused-ring (bicyclic) bond motifs is 1. The average Bonchev–Trinajstić information content (AvgIpc) is 2.49. The Morgan fingerprint density at radius 3 is 3.15 bits per heavy atom. The van der Waals surface area contributed by atoms with Gasteiger partial charge in [0.25, 0.3) is 0 Å². The lowest BCUT2D eigenvalue weighted by Gasteiger charge is -2.00. The van der Waals surface area contributed by atoms with Crippen molar-refractivity contribution in [3.8, 4) is 0 Å². The highest BCUT2D eigenvalue weighted by atomic mass is 19.1. The summed E-state index contributed by atoms with van der Waals surface area (Å²) in [5.74, 6) is 0. The number of hydrogen-bond donors (Lipinski definition) is 2. The molecule has 2 aromatic rings. The van der Waals surface area contributed by atoms with Gasteiger partial charge in [0, 0.05) is 5.39 Å². The maximum atomic E-state index is 12.2. The molecule has 3 nitrogen and oxygen atoms in total. The van der Waals surface area contributed by atoms with Gasteiger partial charge in [-0.25, -0.2) is 4.39 Å². The number of nitrogens with zero attached hydrogens (tertiary/aromatic N) is 1. The lowest BCUT2D eigenvalue weighted by molar-refractivity contribution is 0.0760. The predicted molar refractivity (Wildman–Crippen MR) is 46.6 cm³/mol. The number of aromatic nitrogens is 2. The molecule has 1 unspecified atom stereocenters. The number of hydrogen-bond acceptors (Lipinski definition) is 2. The van der Waals surface area contributed by atoms with Crippen LogP contribution in [0.1, 0.15) is 5.56 Å². The van der Waals surface area contributed by atoms with E-state index in [-0.39, 0.29) is 0 Å². The fourth-order valence-electron chi connectivity index (χ4n) is 1.22. The van der Waals surface area contributed by atoms with Crippen LogP contribution in [0.5, 0.6) is 0 Å². The lowest BCUT2D eigenvalue weighted by atomic mass is 10.1. The van der Waals surface area contributed by atoms with Gasteiger partial charge in [0.1, 0.15) is 0 Å². The molecule has 0 amide bonds. The largest absolute Gasteiger partial charge is 0.364 e. The monoisotopic (exact) mass is 179 g/mol. The number of halogens is 1. The smallest absolute Gasteiger partial charge is 0.204 e. The van der Waals surface area contributed by atoms with Gasteiger partial charge >= 0.3 is 0 Å². The topological polar surface area (TPSA) is 48.9 Å². The molecule has 0 spiro atoms. The zero-order chi connectivity index (χ0) is 9.26. The van der Waals surface area contributed by atoms with E-state index in [9.17, 15) is 4.39 Å². The Hall–Kier alpha value is -1.42. The first-order valence-corrected chi connectivity index (χ1v) is 3.86. The third kappa shape index (κ3) is 1.67. The standard InChI is InChI=1S/C9H8FN2O/c10-9(13)4-6-1-2-7-5-11-12-8(7)3-6/h1-5,9,13H,(H,11,12). The van der Waals surface area contributed by atoms with Gasteiger partial charge in [0.05, 0.1) is 18.1 Å². The summed E-state index contributed by atoms with van der Waals surface area (Å²) in [4.78, 5) is 0. The number of aromatic amines is 1. The van der Waals surface area contributed by atoms with Crippen molar-refractivity contribution in [3.63, 3.8) is 0 Å². The van der Waals surface area contributed by atoms with Crippen molar-refractivity contribution in [2.24, 2.45) is 0 Å². The van der Waals surface area contributed by atoms with Crippen molar-refractivity contribution in [1.82, 2.24) is 10.2 Å². The Labute approximate surface area is 74.2 Å². The molecule has 0 aliphatic heterocycles. The lowest BCUT2D eigenvalue weighted by Crippen LogP contribution is -1.98. The zero-order valence-corrected chi connectivity index (χ0v) is 6.74. The molecular weight excluding hydrogens is 171 g/mol. The molecule has 67 valence electrons. The van der Waals surface area contributed by atoms with E-state index < -0.39 is 6.36 Å². The molecule has 2 N–H and O–H groups in total. The van der Waals surface area contributed by atoms with Crippen LogP contribution in [-0.4, -0.2) is 21.7 Å². The van der Waals surface area contributed by atoms with E-state index in [1.54, 1.807) is 18.3 Å². The molecule has 1 radical (unpaired) electrons. The van der Waals surface area contributed by atoms with Gasteiger partial charge < -0.3 is 5.11 Å². The Morgan fingerprint density at radius 1 is 1.54 bits per heavy atom. The molecule has 0 aliphatic carbocycles. The maximum Gasteiger partial charge on any atom is 0.204 e. The fraction of sp³-hybridized carbons (Fsp3) is 0.111. The number of nitrogens with one attached hydrogen (secondary N) is 1. The minimum Gasteiger partial charge on any atom is -0.364 e. The molecule has 0 saturated heterocycles. The molecule has 0 fully saturated rings. The molecule has 0 bridgehead atoms. The van der Waals surface area contributed by atoms with Crippen molar-refractivity contribution in [3.05, 3.63) is 36.4 Å². The average molecular weight is 179 g/mol. The first-order chi connectivity index (χ1) is 6.25. The quantitative estimate of drug-likeness (QED) is 0.732. The fourth-order valence-corrected chi connectivity index (χ4v) is 1.22. The van der Waals surface area contributed by atoms with Crippen molar-refractivity contribution < 1.29 is 9.50 Å². The van der Waals surface area contributed by atoms with Crippen molar-refractivity contribution in [2.75, 3.05) is 0 Å². The summed E-state index contributed by atoms with van der Waals surface area (Å²) in [5.41, 5.74) is 1.46. The molecule has 13 heavy (non-hydrogen) atoms. The van der Waals surface area contributed by atoms with E-state index in [1.807, 2.05) is 6.07 Å². The van der Waals surface area contributed by atoms with Crippen LogP contribution < -0.4 is 0 Å². The SMILES string of the molecule is OC(F)[CH]c1ccc2cn[nH]c2c1. The summed E-state index contributed by atoms with van der Waals surface area (Å²) in [5, 5.41) is 16.0. The van der Waals surface area contributed by atoms with Crippen LogP contribution >= 0.6 is 0 Å². The number of aliphatic hydroxyl groups excluding tert-OH is 1. The second-order valence-electron chi connectivity index (χ2n) is 2.76. The van der Waals surface area contributed by atoms with Crippen LogP contribution in [0.25, 0.3) is 10.9 Å². The highest BCUT2D eigenvalue weighted by Gasteiger charge is 2.04. The molecule has 4 heteroatoms. The van der Waals surface area contributed by atoms with Gasteiger partial charge in [0.15, 0.2) is 0 Å². The predicted octanol–water partition coefficient (Wildman–Crippen LogP) is 1.40. The Balaban J connectivity index is 2.37. The summed E-state index contributed by atoms with van der Waals surface area (Å²) >= 11 is 0. The van der Waals surface area contributed by atoms with Gasteiger partial charge in [-0.1, -0.05) is 12.1 Å². The van der Waals surface area contributed by atoms with E-state index in [4.69, 9.17) is 5.11 Å². The number of alkyl halides is 1. The first kappa shape index (κ1) is 8.19. The van der Waals surface area contributed by atoms with Crippen LogP contribution in [0.4, 0.5) is 4.39 Å². The number of H-pyrrole nitrogens is 1. The third-order valence-electron chi connectivity index (χ3n) is 1.80. The van der Waals surface area contributed by atoms with Crippen LogP contribution in [0.3, 0.4) is 0 Å². The number of rotatable bonds is 2. The Morgan fingerprint density at radius 2 is 2.38 bits per heavy atom. The van der Waals surface area contributed by atoms with Crippen LogP contribution in [0, 0.1) is 6.42 Å². The van der Waals surface area contributed by atoms with Crippen molar-refractivity contribution in [2.45, 2.75) is 6.36 Å². The van der Waals surface area contributed by atoms with Crippen molar-refractivity contribution >= 4 is 10.9 Å². The Kier molecular flexibility index (Phi) is 1.98. The van der Waals surface area contributed by atoms with E-state index in [1.165, 1.54) is 0 Å². The Bertz CT molecular complexity index is 411. The molecular formula is C9H8FN2O. The summed E-state index contributed by atoms with van der Waals surface area (Å²) in [6.07, 6.45) is 0.894. The minimum absolute atomic E-state index is 0.631.